The number of rotatable bonds is 4. The molecule has 1 N–H and O–H groups in total. The van der Waals surface area contributed by atoms with E-state index >= 15 is 0 Å². The molecule has 0 saturated carbocycles. The summed E-state index contributed by atoms with van der Waals surface area (Å²) >= 11 is 6.64. The second-order valence-corrected chi connectivity index (χ2v) is 5.43. The molecule has 0 fully saturated rings. The Labute approximate surface area is 116 Å². The van der Waals surface area contributed by atoms with Crippen LogP contribution in [0.2, 0.25) is 0 Å². The lowest BCUT2D eigenvalue weighted by atomic mass is 10.2. The molecule has 0 amide bonds. The third kappa shape index (κ3) is 3.48. The van der Waals surface area contributed by atoms with Gasteiger partial charge in [0.1, 0.15) is 0 Å². The molecule has 0 radical (unpaired) electrons. The number of thiocarbonyl (C=S) groups is 1. The van der Waals surface area contributed by atoms with Gasteiger partial charge in [0.2, 0.25) is 0 Å². The van der Waals surface area contributed by atoms with Crippen LogP contribution in [0.3, 0.4) is 0 Å². The molecule has 0 spiro atoms. The van der Waals surface area contributed by atoms with E-state index in [4.69, 9.17) is 12.2 Å². The molecule has 1 aromatic heterocycles. The topological polar surface area (TPSA) is 29.1 Å². The summed E-state index contributed by atoms with van der Waals surface area (Å²) < 4.78 is 0. The van der Waals surface area contributed by atoms with E-state index in [1.165, 1.54) is 16.9 Å². The Morgan fingerprint density at radius 1 is 1.28 bits per heavy atom. The summed E-state index contributed by atoms with van der Waals surface area (Å²) in [7, 11) is 0. The van der Waals surface area contributed by atoms with Gasteiger partial charge in [0, 0.05) is 5.69 Å². The third-order valence-electron chi connectivity index (χ3n) is 2.45. The lowest BCUT2D eigenvalue weighted by molar-refractivity contribution is 0.100. The molecule has 2 nitrogen and oxygen atoms in total. The van der Waals surface area contributed by atoms with Crippen LogP contribution in [0.15, 0.2) is 41.8 Å². The zero-order valence-corrected chi connectivity index (χ0v) is 11.6. The summed E-state index contributed by atoms with van der Waals surface area (Å²) in [6.07, 6.45) is 0.254. The SMILES string of the molecule is Cc1ccc(NC(=S)CC(=O)c2cccs2)cc1. The fourth-order valence-corrected chi connectivity index (χ4v) is 2.43. The molecular formula is C14H13NOS2. The molecule has 0 aliphatic rings. The van der Waals surface area contributed by atoms with Crippen molar-refractivity contribution in [3.8, 4) is 0 Å². The van der Waals surface area contributed by atoms with Crippen LogP contribution in [0.4, 0.5) is 5.69 Å². The highest BCUT2D eigenvalue weighted by Gasteiger charge is 2.09. The van der Waals surface area contributed by atoms with Gasteiger partial charge in [0.15, 0.2) is 5.78 Å². The minimum atomic E-state index is 0.0645. The molecule has 0 atom stereocenters. The van der Waals surface area contributed by atoms with Crippen molar-refractivity contribution in [2.24, 2.45) is 0 Å². The molecule has 4 heteroatoms. The Balaban J connectivity index is 1.93. The molecule has 0 aliphatic carbocycles. The van der Waals surface area contributed by atoms with Crippen molar-refractivity contribution in [1.82, 2.24) is 0 Å². The molecule has 0 saturated heterocycles. The lowest BCUT2D eigenvalue weighted by Gasteiger charge is -2.07. The zero-order chi connectivity index (χ0) is 13.0. The molecular weight excluding hydrogens is 262 g/mol. The standard InChI is InChI=1S/C14H13NOS2/c1-10-4-6-11(7-5-10)15-14(17)9-12(16)13-3-2-8-18-13/h2-8H,9H2,1H3,(H,15,17). The number of aryl methyl sites for hydroxylation is 1. The number of hydrogen-bond acceptors (Lipinski definition) is 3. The highest BCUT2D eigenvalue weighted by atomic mass is 32.1. The van der Waals surface area contributed by atoms with Crippen LogP contribution < -0.4 is 5.32 Å². The molecule has 0 aliphatic heterocycles. The van der Waals surface area contributed by atoms with E-state index < -0.39 is 0 Å². The summed E-state index contributed by atoms with van der Waals surface area (Å²) in [5.74, 6) is 0.0645. The van der Waals surface area contributed by atoms with Crippen LogP contribution in [0.5, 0.6) is 0 Å². The fraction of sp³-hybridized carbons (Fsp3) is 0.143. The number of carbonyl (C=O) groups is 1. The van der Waals surface area contributed by atoms with Crippen LogP contribution in [-0.2, 0) is 0 Å². The van der Waals surface area contributed by atoms with Crippen molar-refractivity contribution >= 4 is 40.0 Å². The van der Waals surface area contributed by atoms with Crippen LogP contribution in [-0.4, -0.2) is 10.8 Å². The first-order valence-corrected chi connectivity index (χ1v) is 6.87. The van der Waals surface area contributed by atoms with Crippen molar-refractivity contribution in [2.45, 2.75) is 13.3 Å². The average molecular weight is 275 g/mol. The Morgan fingerprint density at radius 2 is 2.00 bits per heavy atom. The zero-order valence-electron chi connectivity index (χ0n) is 9.97. The average Bonchev–Trinajstić information content (AvgIpc) is 2.85. The maximum Gasteiger partial charge on any atom is 0.179 e. The van der Waals surface area contributed by atoms with Gasteiger partial charge in [0.05, 0.1) is 16.3 Å². The highest BCUT2D eigenvalue weighted by molar-refractivity contribution is 7.80. The monoisotopic (exact) mass is 275 g/mol. The van der Waals surface area contributed by atoms with E-state index in [0.717, 1.165) is 10.6 Å². The van der Waals surface area contributed by atoms with E-state index in [9.17, 15) is 4.79 Å². The van der Waals surface area contributed by atoms with E-state index in [0.29, 0.717) is 4.99 Å². The van der Waals surface area contributed by atoms with Crippen LogP contribution in [0, 0.1) is 6.92 Å². The second kappa shape index (κ2) is 5.89. The van der Waals surface area contributed by atoms with Crippen LogP contribution >= 0.6 is 23.6 Å². The molecule has 2 aromatic rings. The summed E-state index contributed by atoms with van der Waals surface area (Å²) in [5.41, 5.74) is 2.12. The molecule has 92 valence electrons. The maximum atomic E-state index is 11.8. The number of carbonyl (C=O) groups excluding carboxylic acids is 1. The number of Topliss-reactive ketones (excluding diaryl/α,β-unsaturated/α-hetero) is 1. The quantitative estimate of drug-likeness (QED) is 0.673. The molecule has 18 heavy (non-hydrogen) atoms. The van der Waals surface area contributed by atoms with Gasteiger partial charge in [-0.1, -0.05) is 36.0 Å². The van der Waals surface area contributed by atoms with E-state index in [1.54, 1.807) is 0 Å². The molecule has 2 rings (SSSR count). The predicted octanol–water partition coefficient (Wildman–Crippen LogP) is 4.07. The van der Waals surface area contributed by atoms with Crippen molar-refractivity contribution in [3.05, 3.63) is 52.2 Å². The first-order chi connectivity index (χ1) is 8.65. The summed E-state index contributed by atoms with van der Waals surface area (Å²) in [6, 6.07) is 11.6. The van der Waals surface area contributed by atoms with Gasteiger partial charge in [0.25, 0.3) is 0 Å². The minimum Gasteiger partial charge on any atom is -0.350 e. The van der Waals surface area contributed by atoms with Crippen molar-refractivity contribution < 1.29 is 4.79 Å². The first kappa shape index (κ1) is 12.9. The Hall–Kier alpha value is -1.52. The molecule has 1 aromatic carbocycles. The van der Waals surface area contributed by atoms with E-state index in [1.807, 2.05) is 48.7 Å². The van der Waals surface area contributed by atoms with Gasteiger partial charge in [-0.25, -0.2) is 0 Å². The third-order valence-corrected chi connectivity index (χ3v) is 3.61. The predicted molar refractivity (Wildman–Crippen MR) is 80.7 cm³/mol. The second-order valence-electron chi connectivity index (χ2n) is 3.99. The number of ketones is 1. The van der Waals surface area contributed by atoms with Gasteiger partial charge >= 0.3 is 0 Å². The Morgan fingerprint density at radius 3 is 2.61 bits per heavy atom. The number of thiophene rings is 1. The lowest BCUT2D eigenvalue weighted by Crippen LogP contribution is -2.13. The largest absolute Gasteiger partial charge is 0.350 e. The van der Waals surface area contributed by atoms with Crippen molar-refractivity contribution in [1.29, 1.82) is 0 Å². The van der Waals surface area contributed by atoms with Gasteiger partial charge < -0.3 is 5.32 Å². The molecule has 1 heterocycles. The summed E-state index contributed by atoms with van der Waals surface area (Å²) in [4.78, 5) is 13.1. The first-order valence-electron chi connectivity index (χ1n) is 5.58. The van der Waals surface area contributed by atoms with Crippen molar-refractivity contribution in [3.63, 3.8) is 0 Å². The Bertz CT molecular complexity index is 544. The van der Waals surface area contributed by atoms with Gasteiger partial charge in [-0.2, -0.15) is 0 Å². The smallest absolute Gasteiger partial charge is 0.179 e. The highest BCUT2D eigenvalue weighted by Crippen LogP contribution is 2.13. The normalized spacial score (nSPS) is 10.1. The fourth-order valence-electron chi connectivity index (χ4n) is 1.51. The summed E-state index contributed by atoms with van der Waals surface area (Å²) in [6.45, 7) is 2.03. The van der Waals surface area contributed by atoms with Crippen LogP contribution in [0.1, 0.15) is 21.7 Å². The summed E-state index contributed by atoms with van der Waals surface area (Å²) in [5, 5.41) is 4.97. The number of nitrogens with one attached hydrogen (secondary N) is 1. The maximum absolute atomic E-state index is 11.8. The van der Waals surface area contributed by atoms with Gasteiger partial charge in [-0.3, -0.25) is 4.79 Å². The van der Waals surface area contributed by atoms with Crippen molar-refractivity contribution in [2.75, 3.05) is 5.32 Å². The van der Waals surface area contributed by atoms with E-state index in [2.05, 4.69) is 5.32 Å². The molecule has 0 unspecified atom stereocenters. The van der Waals surface area contributed by atoms with E-state index in [-0.39, 0.29) is 12.2 Å². The number of hydrogen-bond donors (Lipinski definition) is 1. The Kier molecular flexibility index (Phi) is 4.23. The number of anilines is 1. The number of benzene rings is 1. The van der Waals surface area contributed by atoms with Crippen LogP contribution in [0.25, 0.3) is 0 Å². The van der Waals surface area contributed by atoms with Gasteiger partial charge in [-0.15, -0.1) is 11.3 Å². The van der Waals surface area contributed by atoms with Gasteiger partial charge in [-0.05, 0) is 30.5 Å². The minimum absolute atomic E-state index is 0.0645. The molecule has 0 bridgehead atoms.